The Morgan fingerprint density at radius 3 is 2.15 bits per heavy atom. The van der Waals surface area contributed by atoms with Gasteiger partial charge in [-0.05, 0) is 43.0 Å². The third-order valence-corrected chi connectivity index (χ3v) is 6.43. The van der Waals surface area contributed by atoms with E-state index in [1.165, 1.54) is 6.08 Å². The number of nitrogens with one attached hydrogen (secondary N) is 2. The summed E-state index contributed by atoms with van der Waals surface area (Å²) in [6.45, 7) is 8.29. The molecule has 3 amide bonds. The van der Waals surface area contributed by atoms with Crippen molar-refractivity contribution in [2.45, 2.75) is 56.9 Å². The lowest BCUT2D eigenvalue weighted by Crippen LogP contribution is -2.61. The van der Waals surface area contributed by atoms with Gasteiger partial charge < -0.3 is 24.6 Å². The number of amides is 3. The lowest BCUT2D eigenvalue weighted by Gasteiger charge is -2.30. The van der Waals surface area contributed by atoms with E-state index in [-0.39, 0.29) is 32.2 Å². The van der Waals surface area contributed by atoms with Crippen LogP contribution in [0.25, 0.3) is 11.1 Å². The van der Waals surface area contributed by atoms with Crippen molar-refractivity contribution in [3.05, 3.63) is 72.3 Å². The van der Waals surface area contributed by atoms with Crippen LogP contribution in [0.4, 0.5) is 4.79 Å². The molecule has 2 atom stereocenters. The normalized spacial score (nSPS) is 14.6. The minimum Gasteiger partial charge on any atom is -0.481 e. The van der Waals surface area contributed by atoms with Crippen LogP contribution in [0.2, 0.25) is 0 Å². The number of carbonyl (C=O) groups is 4. The Hall–Kier alpha value is -4.06. The average molecular weight is 568 g/mol. The van der Waals surface area contributed by atoms with Gasteiger partial charge in [-0.2, -0.15) is 0 Å². The van der Waals surface area contributed by atoms with E-state index in [1.807, 2.05) is 48.5 Å². The Bertz CT molecular complexity index is 1240. The van der Waals surface area contributed by atoms with Gasteiger partial charge in [0, 0.05) is 18.8 Å². The quantitative estimate of drug-likeness (QED) is 0.210. The van der Waals surface area contributed by atoms with Crippen LogP contribution in [0.5, 0.6) is 0 Å². The Morgan fingerprint density at radius 1 is 1.02 bits per heavy atom. The molecule has 0 bridgehead atoms. The van der Waals surface area contributed by atoms with Crippen molar-refractivity contribution in [1.29, 1.82) is 0 Å². The molecular weight excluding hydrogens is 530 g/mol. The van der Waals surface area contributed by atoms with Crippen LogP contribution < -0.4 is 16.4 Å². The number of aliphatic carboxylic acids is 1. The zero-order valence-electron chi connectivity index (χ0n) is 23.5. The molecule has 0 aromatic heterocycles. The predicted molar refractivity (Wildman–Crippen MR) is 151 cm³/mol. The summed E-state index contributed by atoms with van der Waals surface area (Å²) in [6, 6.07) is 14.3. The molecule has 1 aliphatic rings. The monoisotopic (exact) mass is 567 g/mol. The van der Waals surface area contributed by atoms with E-state index in [0.717, 1.165) is 22.3 Å². The second-order valence-electron chi connectivity index (χ2n) is 10.6. The molecule has 0 heterocycles. The number of nitrogens with two attached hydrogens (primary N) is 1. The fourth-order valence-corrected chi connectivity index (χ4v) is 4.37. The number of alkyl carbamates (subject to hydrolysis) is 1. The van der Waals surface area contributed by atoms with E-state index in [2.05, 4.69) is 17.2 Å². The van der Waals surface area contributed by atoms with Gasteiger partial charge in [-0.1, -0.05) is 54.6 Å². The second kappa shape index (κ2) is 13.5. The van der Waals surface area contributed by atoms with Crippen molar-refractivity contribution < 1.29 is 38.5 Å². The summed E-state index contributed by atoms with van der Waals surface area (Å²) in [6.07, 6.45) is -0.488. The fourth-order valence-electron chi connectivity index (χ4n) is 4.37. The highest BCUT2D eigenvalue weighted by atomic mass is 16.6. The number of rotatable bonds is 13. The maximum atomic E-state index is 13.1. The number of ether oxygens (including phenoxy) is 3. The van der Waals surface area contributed by atoms with Gasteiger partial charge in [0.25, 0.3) is 11.8 Å². The van der Waals surface area contributed by atoms with Gasteiger partial charge in [-0.15, -0.1) is 6.58 Å². The molecule has 11 nitrogen and oxygen atoms in total. The third-order valence-electron chi connectivity index (χ3n) is 6.43. The van der Waals surface area contributed by atoms with Gasteiger partial charge in [0.2, 0.25) is 0 Å². The Morgan fingerprint density at radius 2 is 1.61 bits per heavy atom. The van der Waals surface area contributed by atoms with E-state index in [4.69, 9.17) is 25.1 Å². The minimum absolute atomic E-state index is 0.0147. The number of benzene rings is 2. The molecule has 0 saturated carbocycles. The number of hydrogen-bond acceptors (Lipinski definition) is 8. The van der Waals surface area contributed by atoms with Crippen molar-refractivity contribution in [1.82, 2.24) is 10.6 Å². The molecule has 41 heavy (non-hydrogen) atoms. The molecule has 220 valence electrons. The van der Waals surface area contributed by atoms with E-state index in [1.54, 1.807) is 20.8 Å². The lowest BCUT2D eigenvalue weighted by molar-refractivity contribution is -0.152. The van der Waals surface area contributed by atoms with E-state index in [0.29, 0.717) is 0 Å². The Kier molecular flexibility index (Phi) is 10.4. The molecule has 1 aliphatic carbocycles. The molecule has 0 spiro atoms. The molecule has 0 unspecified atom stereocenters. The molecule has 3 rings (SSSR count). The number of fused-ring (bicyclic) bond motifs is 3. The van der Waals surface area contributed by atoms with Crippen LogP contribution in [0.3, 0.4) is 0 Å². The first-order valence-corrected chi connectivity index (χ1v) is 13.2. The zero-order valence-corrected chi connectivity index (χ0v) is 23.5. The van der Waals surface area contributed by atoms with Gasteiger partial charge >= 0.3 is 12.1 Å². The summed E-state index contributed by atoms with van der Waals surface area (Å²) in [4.78, 5) is 50.0. The lowest BCUT2D eigenvalue weighted by atomic mass is 9.98. The highest BCUT2D eigenvalue weighted by molar-refractivity contribution is 5.98. The van der Waals surface area contributed by atoms with Crippen LogP contribution in [0, 0.1) is 0 Å². The first kappa shape index (κ1) is 31.5. The van der Waals surface area contributed by atoms with Gasteiger partial charge in [0.1, 0.15) is 12.6 Å². The molecule has 2 aromatic carbocycles. The van der Waals surface area contributed by atoms with Crippen LogP contribution in [-0.4, -0.2) is 66.2 Å². The number of imide groups is 1. The molecule has 2 aromatic rings. The molecule has 0 fully saturated rings. The molecule has 5 N–H and O–H groups in total. The molecular formula is C30H37N3O8. The van der Waals surface area contributed by atoms with Crippen LogP contribution >= 0.6 is 0 Å². The first-order valence-electron chi connectivity index (χ1n) is 13.2. The van der Waals surface area contributed by atoms with Crippen LogP contribution in [-0.2, 0) is 28.6 Å². The fraction of sp³-hybridized carbons (Fsp3) is 0.400. The minimum atomic E-state index is -2.07. The topological polar surface area (TPSA) is 166 Å². The third kappa shape index (κ3) is 8.46. The van der Waals surface area contributed by atoms with Crippen LogP contribution in [0.1, 0.15) is 50.7 Å². The van der Waals surface area contributed by atoms with E-state index < -0.39 is 47.7 Å². The molecule has 11 heteroatoms. The maximum Gasteiger partial charge on any atom is 0.413 e. The van der Waals surface area contributed by atoms with Gasteiger partial charge in [-0.3, -0.25) is 25.4 Å². The number of carboxylic acids is 1. The molecule has 0 radical (unpaired) electrons. The van der Waals surface area contributed by atoms with Gasteiger partial charge in [0.05, 0.1) is 18.8 Å². The Labute approximate surface area is 239 Å². The number of hydrogen-bond donors (Lipinski definition) is 4. The summed E-state index contributed by atoms with van der Waals surface area (Å²) in [7, 11) is 0. The largest absolute Gasteiger partial charge is 0.481 e. The van der Waals surface area contributed by atoms with E-state index in [9.17, 15) is 19.2 Å². The summed E-state index contributed by atoms with van der Waals surface area (Å²) in [5.74, 6) is -3.25. The van der Waals surface area contributed by atoms with Crippen molar-refractivity contribution in [2.75, 3.05) is 19.8 Å². The van der Waals surface area contributed by atoms with Crippen molar-refractivity contribution in [3.63, 3.8) is 0 Å². The summed E-state index contributed by atoms with van der Waals surface area (Å²) < 4.78 is 16.5. The standard InChI is InChI=1S/C30H37N3O8/c1-5-16-40-30(31,15-14-25(34)35)27(37)32-24(18-41-29(2,3)4)26(36)33-28(38)39-17-23-21-12-8-6-10-19(21)20-11-7-9-13-22(20)23/h5-13,23-24H,1,14-18,31H2,2-4H3,(H,32,37)(H,34,35)(H,33,36,38)/t24-,30-/m1/s1. The van der Waals surface area contributed by atoms with Crippen molar-refractivity contribution in [2.24, 2.45) is 5.73 Å². The van der Waals surface area contributed by atoms with Gasteiger partial charge in [-0.25, -0.2) is 4.79 Å². The summed E-state index contributed by atoms with van der Waals surface area (Å²) in [5.41, 5.74) is 7.47. The average Bonchev–Trinajstić information content (AvgIpc) is 3.24. The number of carbonyl (C=O) groups excluding carboxylic acids is 3. The number of carboxylic acid groups (broad SMARTS) is 1. The van der Waals surface area contributed by atoms with Gasteiger partial charge in [0.15, 0.2) is 5.72 Å². The molecule has 0 aliphatic heterocycles. The summed E-state index contributed by atoms with van der Waals surface area (Å²) in [5, 5.41) is 13.6. The van der Waals surface area contributed by atoms with Crippen LogP contribution in [0.15, 0.2) is 61.2 Å². The molecule has 0 saturated heterocycles. The highest BCUT2D eigenvalue weighted by Crippen LogP contribution is 2.44. The zero-order chi connectivity index (χ0) is 30.2. The predicted octanol–water partition coefficient (Wildman–Crippen LogP) is 3.07. The van der Waals surface area contributed by atoms with E-state index >= 15 is 0 Å². The van der Waals surface area contributed by atoms with Crippen molar-refractivity contribution in [3.8, 4) is 11.1 Å². The second-order valence-corrected chi connectivity index (χ2v) is 10.6. The Balaban J connectivity index is 1.69. The maximum absolute atomic E-state index is 13.1. The van der Waals surface area contributed by atoms with Crippen molar-refractivity contribution >= 4 is 23.9 Å². The summed E-state index contributed by atoms with van der Waals surface area (Å²) >= 11 is 0. The smallest absolute Gasteiger partial charge is 0.413 e. The highest BCUT2D eigenvalue weighted by Gasteiger charge is 2.38. The SMILES string of the molecule is C=CCO[C@](N)(CCC(=O)O)C(=O)N[C@H](COC(C)(C)C)C(=O)NC(=O)OCC1c2ccccc2-c2ccccc21. The first-order chi connectivity index (χ1) is 19.3.